The van der Waals surface area contributed by atoms with E-state index < -0.39 is 30.4 Å². The molecule has 6 heteroatoms. The van der Waals surface area contributed by atoms with Gasteiger partial charge in [-0.15, -0.1) is 0 Å². The molecule has 0 amide bonds. The average molecular weight is 178 g/mol. The van der Waals surface area contributed by atoms with E-state index in [0.717, 1.165) is 0 Å². The van der Waals surface area contributed by atoms with E-state index in [2.05, 4.69) is 4.74 Å². The third kappa shape index (κ3) is 1.56. The van der Waals surface area contributed by atoms with Gasteiger partial charge in [0, 0.05) is 0 Å². The lowest BCUT2D eigenvalue weighted by Crippen LogP contribution is -2.55. The summed E-state index contributed by atoms with van der Waals surface area (Å²) in [7, 11) is 0. The van der Waals surface area contributed by atoms with Crippen molar-refractivity contribution >= 4 is 5.97 Å². The minimum atomic E-state index is -1.58. The maximum atomic E-state index is 10.3. The molecule has 0 saturated carbocycles. The number of aliphatic hydroxyl groups is 3. The van der Waals surface area contributed by atoms with Crippen LogP contribution in [0.1, 0.15) is 0 Å². The van der Waals surface area contributed by atoms with Crippen molar-refractivity contribution in [2.45, 2.75) is 24.4 Å². The monoisotopic (exact) mass is 178 g/mol. The number of hydrogen-bond donors (Lipinski definition) is 4. The highest BCUT2D eigenvalue weighted by atomic mass is 16.5. The number of ether oxygens (including phenoxy) is 1. The number of carboxylic acids is 1. The Morgan fingerprint density at radius 1 is 1.25 bits per heavy atom. The molecule has 4 atom stereocenters. The zero-order valence-electron chi connectivity index (χ0n) is 6.12. The van der Waals surface area contributed by atoms with Gasteiger partial charge in [0.1, 0.15) is 18.3 Å². The number of aliphatic carboxylic acids is 1. The summed E-state index contributed by atoms with van der Waals surface area (Å²) in [5, 5.41) is 35.4. The third-order valence-corrected chi connectivity index (χ3v) is 1.74. The Balaban J connectivity index is 2.65. The Kier molecular flexibility index (Phi) is 2.63. The van der Waals surface area contributed by atoms with Gasteiger partial charge in [-0.1, -0.05) is 0 Å². The van der Waals surface area contributed by atoms with Crippen molar-refractivity contribution < 1.29 is 30.0 Å². The molecule has 1 aliphatic rings. The molecule has 6 nitrogen and oxygen atoms in total. The number of carbonyl (C=O) groups is 1. The van der Waals surface area contributed by atoms with Gasteiger partial charge in [0.25, 0.3) is 0 Å². The van der Waals surface area contributed by atoms with Crippen molar-refractivity contribution in [3.63, 3.8) is 0 Å². The molecule has 0 aromatic heterocycles. The van der Waals surface area contributed by atoms with Crippen LogP contribution in [-0.2, 0) is 9.53 Å². The summed E-state index contributed by atoms with van der Waals surface area (Å²) < 4.78 is 4.57. The first-order valence-corrected chi connectivity index (χ1v) is 3.42. The average Bonchev–Trinajstić information content (AvgIpc) is 2.00. The summed E-state index contributed by atoms with van der Waals surface area (Å²) in [6.07, 6.45) is -5.72. The molecule has 1 unspecified atom stereocenters. The van der Waals surface area contributed by atoms with Gasteiger partial charge >= 0.3 is 5.97 Å². The van der Waals surface area contributed by atoms with Crippen molar-refractivity contribution in [1.82, 2.24) is 0 Å². The molecule has 1 rings (SSSR count). The van der Waals surface area contributed by atoms with Gasteiger partial charge in [0.2, 0.25) is 0 Å². The van der Waals surface area contributed by atoms with Crippen LogP contribution in [0.25, 0.3) is 0 Å². The molecule has 0 aromatic rings. The SMILES string of the molecule is O=C(O)[C@H]1OC[C@H](O)[C@@H](O)C1O. The predicted molar refractivity (Wildman–Crippen MR) is 35.4 cm³/mol. The van der Waals surface area contributed by atoms with Crippen LogP contribution in [0.15, 0.2) is 0 Å². The smallest absolute Gasteiger partial charge is 0.335 e. The first kappa shape index (κ1) is 9.40. The fourth-order valence-electron chi connectivity index (χ4n) is 1.02. The lowest BCUT2D eigenvalue weighted by Gasteiger charge is -2.32. The quantitative estimate of drug-likeness (QED) is 0.355. The molecule has 1 aliphatic heterocycles. The highest BCUT2D eigenvalue weighted by Crippen LogP contribution is 2.15. The molecule has 1 fully saturated rings. The molecule has 0 spiro atoms. The molecule has 4 N–H and O–H groups in total. The van der Waals surface area contributed by atoms with E-state index in [9.17, 15) is 4.79 Å². The minimum Gasteiger partial charge on any atom is -0.479 e. The second-order valence-corrected chi connectivity index (χ2v) is 2.64. The standard InChI is InChI=1S/C6H10O6/c7-2-1-12-5(6(10)11)4(9)3(2)8/h2-5,7-9H,1H2,(H,10,11)/t2-,3+,4?,5-/m0/s1. The van der Waals surface area contributed by atoms with Crippen LogP contribution in [0.3, 0.4) is 0 Å². The Hall–Kier alpha value is -0.690. The molecular weight excluding hydrogens is 168 g/mol. The summed E-state index contributed by atoms with van der Waals surface area (Å²) >= 11 is 0. The van der Waals surface area contributed by atoms with E-state index in [4.69, 9.17) is 20.4 Å². The molecule has 70 valence electrons. The molecule has 0 aliphatic carbocycles. The maximum absolute atomic E-state index is 10.3. The number of aliphatic hydroxyl groups excluding tert-OH is 3. The lowest BCUT2D eigenvalue weighted by atomic mass is 10.0. The van der Waals surface area contributed by atoms with E-state index >= 15 is 0 Å². The van der Waals surface area contributed by atoms with Crippen LogP contribution in [0.2, 0.25) is 0 Å². The van der Waals surface area contributed by atoms with E-state index in [1.807, 2.05) is 0 Å². The molecule has 1 heterocycles. The summed E-state index contributed by atoms with van der Waals surface area (Å²) in [5.74, 6) is -1.35. The van der Waals surface area contributed by atoms with E-state index in [0.29, 0.717) is 0 Å². The van der Waals surface area contributed by atoms with Gasteiger partial charge in [-0.2, -0.15) is 0 Å². The van der Waals surface area contributed by atoms with Gasteiger partial charge in [-0.05, 0) is 0 Å². The largest absolute Gasteiger partial charge is 0.479 e. The topological polar surface area (TPSA) is 107 Å². The highest BCUT2D eigenvalue weighted by molar-refractivity contribution is 5.73. The van der Waals surface area contributed by atoms with Crippen molar-refractivity contribution in [1.29, 1.82) is 0 Å². The molecule has 0 aromatic carbocycles. The first-order valence-electron chi connectivity index (χ1n) is 3.42. The zero-order valence-corrected chi connectivity index (χ0v) is 6.12. The Morgan fingerprint density at radius 2 is 1.83 bits per heavy atom. The van der Waals surface area contributed by atoms with Crippen LogP contribution in [0.4, 0.5) is 0 Å². The van der Waals surface area contributed by atoms with Crippen LogP contribution >= 0.6 is 0 Å². The van der Waals surface area contributed by atoms with Crippen molar-refractivity contribution in [3.8, 4) is 0 Å². The van der Waals surface area contributed by atoms with Crippen LogP contribution in [-0.4, -0.2) is 57.4 Å². The fraction of sp³-hybridized carbons (Fsp3) is 0.833. The summed E-state index contributed by atoms with van der Waals surface area (Å²) in [5.41, 5.74) is 0. The lowest BCUT2D eigenvalue weighted by molar-refractivity contribution is -0.201. The molecule has 12 heavy (non-hydrogen) atoms. The van der Waals surface area contributed by atoms with Crippen LogP contribution in [0, 0.1) is 0 Å². The Morgan fingerprint density at radius 3 is 2.33 bits per heavy atom. The summed E-state index contributed by atoms with van der Waals surface area (Å²) in [6, 6.07) is 0. The van der Waals surface area contributed by atoms with E-state index in [1.54, 1.807) is 0 Å². The van der Waals surface area contributed by atoms with Crippen LogP contribution in [0.5, 0.6) is 0 Å². The molecule has 1 saturated heterocycles. The van der Waals surface area contributed by atoms with Gasteiger partial charge in [-0.25, -0.2) is 4.79 Å². The minimum absolute atomic E-state index is 0.283. The van der Waals surface area contributed by atoms with Crippen molar-refractivity contribution in [2.75, 3.05) is 6.61 Å². The highest BCUT2D eigenvalue weighted by Gasteiger charge is 2.41. The zero-order chi connectivity index (χ0) is 9.30. The second-order valence-electron chi connectivity index (χ2n) is 2.64. The third-order valence-electron chi connectivity index (χ3n) is 1.74. The Bertz CT molecular complexity index is 181. The van der Waals surface area contributed by atoms with Crippen molar-refractivity contribution in [3.05, 3.63) is 0 Å². The van der Waals surface area contributed by atoms with E-state index in [1.165, 1.54) is 0 Å². The number of carboxylic acid groups (broad SMARTS) is 1. The molecular formula is C6H10O6. The summed E-state index contributed by atoms with van der Waals surface area (Å²) in [6.45, 7) is -0.283. The van der Waals surface area contributed by atoms with Crippen molar-refractivity contribution in [2.24, 2.45) is 0 Å². The molecule has 0 radical (unpaired) electrons. The van der Waals surface area contributed by atoms with E-state index in [-0.39, 0.29) is 6.61 Å². The fourth-order valence-corrected chi connectivity index (χ4v) is 1.02. The van der Waals surface area contributed by atoms with Crippen LogP contribution < -0.4 is 0 Å². The predicted octanol–water partition coefficient (Wildman–Crippen LogP) is -2.45. The first-order chi connectivity index (χ1) is 5.54. The molecule has 0 bridgehead atoms. The second kappa shape index (κ2) is 3.36. The normalized spacial score (nSPS) is 42.6. The van der Waals surface area contributed by atoms with Gasteiger partial charge < -0.3 is 25.2 Å². The number of rotatable bonds is 1. The van der Waals surface area contributed by atoms with Gasteiger partial charge in [0.15, 0.2) is 6.10 Å². The summed E-state index contributed by atoms with van der Waals surface area (Å²) in [4.78, 5) is 10.3. The van der Waals surface area contributed by atoms with Gasteiger partial charge in [0.05, 0.1) is 6.61 Å². The number of hydrogen-bond acceptors (Lipinski definition) is 5. The Labute approximate surface area is 68.0 Å². The maximum Gasteiger partial charge on any atom is 0.335 e. The van der Waals surface area contributed by atoms with Gasteiger partial charge in [-0.3, -0.25) is 0 Å².